The average molecular weight is 300 g/mol. The molecule has 1 aromatic carbocycles. The molecule has 0 radical (unpaired) electrons. The smallest absolute Gasteiger partial charge is 0.478 e. The zero-order valence-electron chi connectivity index (χ0n) is 9.42. The van der Waals surface area contributed by atoms with Gasteiger partial charge in [0.05, 0.1) is 5.56 Å². The fraction of sp³-hybridized carbons (Fsp3) is 0.182. The van der Waals surface area contributed by atoms with Crippen molar-refractivity contribution in [1.82, 2.24) is 0 Å². The fourth-order valence-electron chi connectivity index (χ4n) is 1.28. The summed E-state index contributed by atoms with van der Waals surface area (Å²) in [6.07, 6.45) is -9.01. The number of carbonyl (C=O) groups is 1. The summed E-state index contributed by atoms with van der Waals surface area (Å²) in [5.41, 5.74) is -2.02. The molecule has 0 aromatic heterocycles. The Hall–Kier alpha value is -2.19. The van der Waals surface area contributed by atoms with E-state index >= 15 is 0 Å². The minimum Gasteiger partial charge on any atom is -0.478 e. The van der Waals surface area contributed by atoms with E-state index in [2.05, 4.69) is 4.74 Å². The highest BCUT2D eigenvalue weighted by molar-refractivity contribution is 5.85. The van der Waals surface area contributed by atoms with Gasteiger partial charge in [0.25, 0.3) is 0 Å². The van der Waals surface area contributed by atoms with Crippen LogP contribution < -0.4 is 4.74 Å². The van der Waals surface area contributed by atoms with E-state index in [1.165, 1.54) is 0 Å². The van der Waals surface area contributed by atoms with E-state index in [-0.39, 0.29) is 6.07 Å². The standard InChI is InChI=1S/C11H6F6O3/c12-10(13,14)8-5-7(20-11(15,16)17)3-1-6(8)2-4-9(18)19/h1-5H,(H,18,19)/b4-2+. The second kappa shape index (κ2) is 5.43. The highest BCUT2D eigenvalue weighted by Crippen LogP contribution is 2.36. The molecule has 3 nitrogen and oxygen atoms in total. The topological polar surface area (TPSA) is 46.5 Å². The molecule has 1 N–H and O–H groups in total. The molecule has 0 atom stereocenters. The molecule has 0 unspecified atom stereocenters. The molecule has 1 rings (SSSR count). The Bertz CT molecular complexity index is 530. The quantitative estimate of drug-likeness (QED) is 0.684. The predicted molar refractivity (Wildman–Crippen MR) is 54.8 cm³/mol. The van der Waals surface area contributed by atoms with Gasteiger partial charge in [0.1, 0.15) is 5.75 Å². The summed E-state index contributed by atoms with van der Waals surface area (Å²) in [5, 5.41) is 8.33. The molecule has 0 spiro atoms. The van der Waals surface area contributed by atoms with Gasteiger partial charge in [-0.15, -0.1) is 13.2 Å². The molecule has 0 aliphatic rings. The third-order valence-electron chi connectivity index (χ3n) is 1.97. The first-order valence-corrected chi connectivity index (χ1v) is 4.87. The minimum absolute atomic E-state index is 0.148. The van der Waals surface area contributed by atoms with Gasteiger partial charge in [-0.3, -0.25) is 0 Å². The lowest BCUT2D eigenvalue weighted by Gasteiger charge is -2.14. The van der Waals surface area contributed by atoms with Crippen LogP contribution in [-0.4, -0.2) is 17.4 Å². The first-order chi connectivity index (χ1) is 8.99. The Morgan fingerprint density at radius 2 is 1.75 bits per heavy atom. The monoisotopic (exact) mass is 300 g/mol. The molecule has 0 saturated heterocycles. The zero-order chi connectivity index (χ0) is 15.6. The number of hydrogen-bond donors (Lipinski definition) is 1. The van der Waals surface area contributed by atoms with E-state index in [9.17, 15) is 31.1 Å². The highest BCUT2D eigenvalue weighted by atomic mass is 19.4. The van der Waals surface area contributed by atoms with Gasteiger partial charge < -0.3 is 9.84 Å². The van der Waals surface area contributed by atoms with Crippen molar-refractivity contribution in [3.63, 3.8) is 0 Å². The SMILES string of the molecule is O=C(O)/C=C/c1ccc(OC(F)(F)F)cc1C(F)(F)F. The molecular weight excluding hydrogens is 294 g/mol. The Morgan fingerprint density at radius 3 is 2.20 bits per heavy atom. The molecule has 0 heterocycles. The van der Waals surface area contributed by atoms with Crippen molar-refractivity contribution in [2.75, 3.05) is 0 Å². The molecule has 0 amide bonds. The third kappa shape index (κ3) is 4.82. The molecule has 0 saturated carbocycles. The van der Waals surface area contributed by atoms with Crippen LogP contribution in [0.15, 0.2) is 24.3 Å². The van der Waals surface area contributed by atoms with Crippen molar-refractivity contribution in [2.45, 2.75) is 12.5 Å². The van der Waals surface area contributed by atoms with Crippen molar-refractivity contribution in [3.8, 4) is 5.75 Å². The van der Waals surface area contributed by atoms with Crippen LogP contribution in [0.5, 0.6) is 5.75 Å². The molecule has 0 fully saturated rings. The number of carboxylic acid groups (broad SMARTS) is 1. The first-order valence-electron chi connectivity index (χ1n) is 4.87. The van der Waals surface area contributed by atoms with Gasteiger partial charge >= 0.3 is 18.5 Å². The van der Waals surface area contributed by atoms with Crippen LogP contribution in [-0.2, 0) is 11.0 Å². The van der Waals surface area contributed by atoms with Gasteiger partial charge in [0.2, 0.25) is 0 Å². The molecule has 9 heteroatoms. The molecule has 110 valence electrons. The lowest BCUT2D eigenvalue weighted by atomic mass is 10.1. The van der Waals surface area contributed by atoms with Gasteiger partial charge in [0.15, 0.2) is 0 Å². The van der Waals surface area contributed by atoms with E-state index in [1.54, 1.807) is 0 Å². The number of aliphatic carboxylic acids is 1. The van der Waals surface area contributed by atoms with Crippen LogP contribution in [0.4, 0.5) is 26.3 Å². The van der Waals surface area contributed by atoms with Gasteiger partial charge in [-0.25, -0.2) is 4.79 Å². The molecule has 0 aliphatic heterocycles. The van der Waals surface area contributed by atoms with Gasteiger partial charge in [-0.1, -0.05) is 6.07 Å². The largest absolute Gasteiger partial charge is 0.573 e. The molecular formula is C11H6F6O3. The van der Waals surface area contributed by atoms with E-state index in [0.717, 1.165) is 0 Å². The van der Waals surface area contributed by atoms with Crippen LogP contribution in [0.25, 0.3) is 6.08 Å². The molecule has 1 aromatic rings. The molecule has 0 bridgehead atoms. The third-order valence-corrected chi connectivity index (χ3v) is 1.97. The van der Waals surface area contributed by atoms with Crippen molar-refractivity contribution >= 4 is 12.0 Å². The maximum Gasteiger partial charge on any atom is 0.573 e. The lowest BCUT2D eigenvalue weighted by Crippen LogP contribution is -2.18. The van der Waals surface area contributed by atoms with Crippen molar-refractivity contribution < 1.29 is 41.0 Å². The summed E-state index contributed by atoms with van der Waals surface area (Å²) in [4.78, 5) is 10.2. The normalized spacial score (nSPS) is 12.7. The summed E-state index contributed by atoms with van der Waals surface area (Å²) < 4.78 is 77.2. The molecule has 20 heavy (non-hydrogen) atoms. The van der Waals surface area contributed by atoms with E-state index < -0.39 is 35.4 Å². The van der Waals surface area contributed by atoms with E-state index in [1.807, 2.05) is 0 Å². The first kappa shape index (κ1) is 15.9. The lowest BCUT2D eigenvalue weighted by molar-refractivity contribution is -0.274. The highest BCUT2D eigenvalue weighted by Gasteiger charge is 2.35. The maximum absolute atomic E-state index is 12.7. The number of benzene rings is 1. The van der Waals surface area contributed by atoms with E-state index in [4.69, 9.17) is 5.11 Å². The summed E-state index contributed by atoms with van der Waals surface area (Å²) in [7, 11) is 0. The second-order valence-corrected chi connectivity index (χ2v) is 3.47. The van der Waals surface area contributed by atoms with Crippen LogP contribution in [0, 0.1) is 0 Å². The van der Waals surface area contributed by atoms with Crippen molar-refractivity contribution in [1.29, 1.82) is 0 Å². The van der Waals surface area contributed by atoms with Gasteiger partial charge in [0, 0.05) is 6.08 Å². The van der Waals surface area contributed by atoms with Gasteiger partial charge in [-0.05, 0) is 23.8 Å². The summed E-state index contributed by atoms with van der Waals surface area (Å²) >= 11 is 0. The number of rotatable bonds is 3. The number of alkyl halides is 6. The summed E-state index contributed by atoms with van der Waals surface area (Å²) in [6, 6.07) is 1.49. The molecule has 0 aliphatic carbocycles. The van der Waals surface area contributed by atoms with Crippen LogP contribution in [0.2, 0.25) is 0 Å². The Morgan fingerprint density at radius 1 is 1.15 bits per heavy atom. The van der Waals surface area contributed by atoms with E-state index in [0.29, 0.717) is 24.3 Å². The number of halogens is 6. The average Bonchev–Trinajstić information content (AvgIpc) is 2.23. The van der Waals surface area contributed by atoms with Crippen molar-refractivity contribution in [2.24, 2.45) is 0 Å². The van der Waals surface area contributed by atoms with Crippen molar-refractivity contribution in [3.05, 3.63) is 35.4 Å². The Labute approximate surface area is 108 Å². The Balaban J connectivity index is 3.24. The number of ether oxygens (including phenoxy) is 1. The predicted octanol–water partition coefficient (Wildman–Crippen LogP) is 3.70. The number of carboxylic acids is 1. The Kier molecular flexibility index (Phi) is 4.31. The minimum atomic E-state index is -5.12. The van der Waals surface area contributed by atoms with Gasteiger partial charge in [-0.2, -0.15) is 13.2 Å². The van der Waals surface area contributed by atoms with Crippen LogP contribution in [0.1, 0.15) is 11.1 Å². The zero-order valence-corrected chi connectivity index (χ0v) is 9.42. The summed E-state index contributed by atoms with van der Waals surface area (Å²) in [5.74, 6) is -2.54. The van der Waals surface area contributed by atoms with Crippen LogP contribution in [0.3, 0.4) is 0 Å². The summed E-state index contributed by atoms with van der Waals surface area (Å²) in [6.45, 7) is 0. The fourth-order valence-corrected chi connectivity index (χ4v) is 1.28. The maximum atomic E-state index is 12.7. The van der Waals surface area contributed by atoms with Crippen LogP contribution >= 0.6 is 0 Å². The number of hydrogen-bond acceptors (Lipinski definition) is 2. The second-order valence-electron chi connectivity index (χ2n) is 3.47.